The number of amides is 1. The molecule has 1 amide bonds. The first kappa shape index (κ1) is 15.9. The van der Waals surface area contributed by atoms with Crippen LogP contribution in [0.3, 0.4) is 0 Å². The molecule has 8 heteroatoms. The summed E-state index contributed by atoms with van der Waals surface area (Å²) in [4.78, 5) is 22.0. The van der Waals surface area contributed by atoms with E-state index in [-0.39, 0.29) is 29.6 Å². The molecule has 0 aliphatic carbocycles. The molecule has 1 aromatic rings. The van der Waals surface area contributed by atoms with Gasteiger partial charge in [0, 0.05) is 32.4 Å². The first-order valence-electron chi connectivity index (χ1n) is 5.83. The zero-order chi connectivity index (χ0) is 15.1. The van der Waals surface area contributed by atoms with Crippen LogP contribution >= 0.6 is 0 Å². The number of nitrogens with zero attached hydrogens (tertiary/aromatic N) is 1. The SMILES string of the molecule is COCC(CNC(=O)c1ccc(N)c([N+](=O)[O-])c1)OC. The van der Waals surface area contributed by atoms with Crippen molar-refractivity contribution in [2.45, 2.75) is 6.10 Å². The number of nitrogens with two attached hydrogens (primary N) is 1. The van der Waals surface area contributed by atoms with E-state index >= 15 is 0 Å². The van der Waals surface area contributed by atoms with Gasteiger partial charge in [0.05, 0.1) is 17.6 Å². The summed E-state index contributed by atoms with van der Waals surface area (Å²) in [7, 11) is 3.03. The minimum absolute atomic E-state index is 0.0145. The highest BCUT2D eigenvalue weighted by molar-refractivity contribution is 5.95. The molecule has 1 unspecified atom stereocenters. The van der Waals surface area contributed by atoms with Gasteiger partial charge in [-0.2, -0.15) is 0 Å². The van der Waals surface area contributed by atoms with Crippen molar-refractivity contribution in [2.24, 2.45) is 0 Å². The van der Waals surface area contributed by atoms with Gasteiger partial charge < -0.3 is 20.5 Å². The van der Waals surface area contributed by atoms with E-state index in [2.05, 4.69) is 5.32 Å². The number of rotatable bonds is 7. The van der Waals surface area contributed by atoms with Gasteiger partial charge in [0.2, 0.25) is 0 Å². The predicted octanol–water partition coefficient (Wildman–Crippen LogP) is 0.568. The molecule has 0 spiro atoms. The van der Waals surface area contributed by atoms with E-state index in [9.17, 15) is 14.9 Å². The minimum Gasteiger partial charge on any atom is -0.393 e. The lowest BCUT2D eigenvalue weighted by Gasteiger charge is -2.15. The van der Waals surface area contributed by atoms with Gasteiger partial charge in [0.15, 0.2) is 0 Å². The van der Waals surface area contributed by atoms with Crippen molar-refractivity contribution in [1.29, 1.82) is 0 Å². The van der Waals surface area contributed by atoms with Crippen LogP contribution in [0.4, 0.5) is 11.4 Å². The molecule has 0 fully saturated rings. The molecule has 0 radical (unpaired) electrons. The van der Waals surface area contributed by atoms with Crippen LogP contribution in [0.2, 0.25) is 0 Å². The number of hydrogen-bond acceptors (Lipinski definition) is 6. The number of carbonyl (C=O) groups is 1. The number of benzene rings is 1. The molecule has 0 aliphatic rings. The second-order valence-corrected chi connectivity index (χ2v) is 4.05. The van der Waals surface area contributed by atoms with Gasteiger partial charge in [-0.05, 0) is 12.1 Å². The number of nitro benzene ring substituents is 1. The van der Waals surface area contributed by atoms with Crippen LogP contribution in [0.1, 0.15) is 10.4 Å². The van der Waals surface area contributed by atoms with Gasteiger partial charge in [-0.25, -0.2) is 0 Å². The van der Waals surface area contributed by atoms with Crippen LogP contribution in [0, 0.1) is 10.1 Å². The second kappa shape index (κ2) is 7.41. The summed E-state index contributed by atoms with van der Waals surface area (Å²) in [5.74, 6) is -0.439. The van der Waals surface area contributed by atoms with Crippen LogP contribution < -0.4 is 11.1 Å². The fraction of sp³-hybridized carbons (Fsp3) is 0.417. The van der Waals surface area contributed by atoms with E-state index in [0.29, 0.717) is 6.61 Å². The van der Waals surface area contributed by atoms with Crippen molar-refractivity contribution in [2.75, 3.05) is 33.1 Å². The molecule has 0 saturated heterocycles. The Balaban J connectivity index is 2.73. The standard InChI is InChI=1S/C12H17N3O5/c1-19-7-9(20-2)6-14-12(16)8-3-4-10(13)11(5-8)15(17)18/h3-5,9H,6-7,13H2,1-2H3,(H,14,16). The molecule has 1 aromatic carbocycles. The van der Waals surface area contributed by atoms with Crippen LogP contribution in [-0.4, -0.2) is 44.3 Å². The lowest BCUT2D eigenvalue weighted by Crippen LogP contribution is -2.35. The Labute approximate surface area is 116 Å². The van der Waals surface area contributed by atoms with Gasteiger partial charge in [0.25, 0.3) is 11.6 Å². The van der Waals surface area contributed by atoms with Gasteiger partial charge in [-0.15, -0.1) is 0 Å². The highest BCUT2D eigenvalue weighted by Gasteiger charge is 2.16. The maximum Gasteiger partial charge on any atom is 0.292 e. The molecular formula is C12H17N3O5. The number of carbonyl (C=O) groups excluding carboxylic acids is 1. The first-order chi connectivity index (χ1) is 9.49. The van der Waals surface area contributed by atoms with E-state index in [1.54, 1.807) is 0 Å². The van der Waals surface area contributed by atoms with Crippen molar-refractivity contribution in [3.8, 4) is 0 Å². The maximum absolute atomic E-state index is 11.9. The molecule has 0 aromatic heterocycles. The lowest BCUT2D eigenvalue weighted by atomic mass is 10.1. The van der Waals surface area contributed by atoms with E-state index in [0.717, 1.165) is 6.07 Å². The molecule has 3 N–H and O–H groups in total. The highest BCUT2D eigenvalue weighted by Crippen LogP contribution is 2.22. The quantitative estimate of drug-likeness (QED) is 0.429. The summed E-state index contributed by atoms with van der Waals surface area (Å²) < 4.78 is 10.0. The van der Waals surface area contributed by atoms with Crippen molar-refractivity contribution >= 4 is 17.3 Å². The van der Waals surface area contributed by atoms with Crippen LogP contribution in [0.25, 0.3) is 0 Å². The molecule has 0 saturated carbocycles. The van der Waals surface area contributed by atoms with Crippen molar-refractivity contribution in [3.05, 3.63) is 33.9 Å². The second-order valence-electron chi connectivity index (χ2n) is 4.05. The Hall–Kier alpha value is -2.19. The molecule has 110 valence electrons. The lowest BCUT2D eigenvalue weighted by molar-refractivity contribution is -0.383. The summed E-state index contributed by atoms with van der Waals surface area (Å²) in [5, 5.41) is 13.4. The largest absolute Gasteiger partial charge is 0.393 e. The zero-order valence-corrected chi connectivity index (χ0v) is 11.3. The fourth-order valence-electron chi connectivity index (χ4n) is 1.55. The van der Waals surface area contributed by atoms with Gasteiger partial charge in [-0.1, -0.05) is 0 Å². The van der Waals surface area contributed by atoms with Crippen molar-refractivity contribution in [1.82, 2.24) is 5.32 Å². The summed E-state index contributed by atoms with van der Waals surface area (Å²) in [5.41, 5.74) is 5.35. The molecular weight excluding hydrogens is 266 g/mol. The summed E-state index contributed by atoms with van der Waals surface area (Å²) in [6.07, 6.45) is -0.285. The topological polar surface area (TPSA) is 117 Å². The summed E-state index contributed by atoms with van der Waals surface area (Å²) >= 11 is 0. The molecule has 0 aliphatic heterocycles. The smallest absolute Gasteiger partial charge is 0.292 e. The minimum atomic E-state index is -0.630. The first-order valence-corrected chi connectivity index (χ1v) is 5.83. The Morgan fingerprint density at radius 1 is 1.50 bits per heavy atom. The molecule has 0 bridgehead atoms. The zero-order valence-electron chi connectivity index (χ0n) is 11.3. The Kier molecular flexibility index (Phi) is 5.88. The Bertz CT molecular complexity index is 492. The maximum atomic E-state index is 11.9. The number of methoxy groups -OCH3 is 2. The van der Waals surface area contributed by atoms with E-state index in [1.165, 1.54) is 26.4 Å². The van der Waals surface area contributed by atoms with E-state index in [1.807, 2.05) is 0 Å². The number of nitrogen functional groups attached to an aromatic ring is 1. The van der Waals surface area contributed by atoms with Crippen molar-refractivity contribution in [3.63, 3.8) is 0 Å². The van der Waals surface area contributed by atoms with Crippen LogP contribution in [0.5, 0.6) is 0 Å². The van der Waals surface area contributed by atoms with Gasteiger partial charge in [-0.3, -0.25) is 14.9 Å². The number of anilines is 1. The summed E-state index contributed by atoms with van der Waals surface area (Å²) in [6, 6.07) is 3.90. The van der Waals surface area contributed by atoms with E-state index in [4.69, 9.17) is 15.2 Å². The van der Waals surface area contributed by atoms with Gasteiger partial charge in [0.1, 0.15) is 5.69 Å². The molecule has 8 nitrogen and oxygen atoms in total. The number of ether oxygens (including phenoxy) is 2. The number of nitro groups is 1. The van der Waals surface area contributed by atoms with Crippen molar-refractivity contribution < 1.29 is 19.2 Å². The normalized spacial score (nSPS) is 11.9. The third-order valence-electron chi connectivity index (χ3n) is 2.67. The molecule has 1 rings (SSSR count). The summed E-state index contributed by atoms with van der Waals surface area (Å²) in [6.45, 7) is 0.569. The molecule has 20 heavy (non-hydrogen) atoms. The van der Waals surface area contributed by atoms with E-state index < -0.39 is 10.8 Å². The Morgan fingerprint density at radius 3 is 2.75 bits per heavy atom. The third kappa shape index (κ3) is 4.18. The fourth-order valence-corrected chi connectivity index (χ4v) is 1.55. The Morgan fingerprint density at radius 2 is 2.20 bits per heavy atom. The molecule has 1 atom stereocenters. The monoisotopic (exact) mass is 283 g/mol. The average Bonchev–Trinajstić information content (AvgIpc) is 2.43. The van der Waals surface area contributed by atoms with Gasteiger partial charge >= 0.3 is 0 Å². The highest BCUT2D eigenvalue weighted by atomic mass is 16.6. The third-order valence-corrected chi connectivity index (χ3v) is 2.67. The van der Waals surface area contributed by atoms with Crippen LogP contribution in [0.15, 0.2) is 18.2 Å². The number of nitrogens with one attached hydrogen (secondary N) is 1. The average molecular weight is 283 g/mol. The van der Waals surface area contributed by atoms with Crippen LogP contribution in [-0.2, 0) is 9.47 Å². The number of hydrogen-bond donors (Lipinski definition) is 2. The predicted molar refractivity (Wildman–Crippen MR) is 72.5 cm³/mol. The molecule has 0 heterocycles.